The lowest BCUT2D eigenvalue weighted by molar-refractivity contribution is -0.184. The zero-order valence-corrected chi connectivity index (χ0v) is 13.0. The molecule has 0 aliphatic carbocycles. The maximum Gasteiger partial charge on any atom is 0.328 e. The van der Waals surface area contributed by atoms with E-state index in [0.29, 0.717) is 0 Å². The van der Waals surface area contributed by atoms with Crippen molar-refractivity contribution >= 4 is 11.9 Å². The molecule has 20 heavy (non-hydrogen) atoms. The lowest BCUT2D eigenvalue weighted by Crippen LogP contribution is -2.83. The van der Waals surface area contributed by atoms with E-state index >= 15 is 0 Å². The van der Waals surface area contributed by atoms with Gasteiger partial charge in [0.15, 0.2) is 0 Å². The zero-order chi connectivity index (χ0) is 15.4. The van der Waals surface area contributed by atoms with Crippen LogP contribution in [0.4, 0.5) is 0 Å². The lowest BCUT2D eigenvalue weighted by Gasteiger charge is -2.54. The molecule has 0 aromatic heterocycles. The van der Waals surface area contributed by atoms with Gasteiger partial charge in [-0.1, -0.05) is 0 Å². The SMILES string of the molecule is CC1(C)COC(=O)C(C)(C2(C)NC(C)(C)COC2=O)N1. The van der Waals surface area contributed by atoms with Crippen LogP contribution < -0.4 is 10.6 Å². The van der Waals surface area contributed by atoms with Crippen LogP contribution in [0.3, 0.4) is 0 Å². The number of hydrogen-bond donors (Lipinski definition) is 2. The molecule has 2 aliphatic rings. The van der Waals surface area contributed by atoms with Crippen LogP contribution in [0.15, 0.2) is 0 Å². The van der Waals surface area contributed by atoms with Gasteiger partial charge in [-0.2, -0.15) is 0 Å². The van der Waals surface area contributed by atoms with Crippen LogP contribution in [0.25, 0.3) is 0 Å². The molecule has 0 spiro atoms. The molecule has 0 aromatic carbocycles. The van der Waals surface area contributed by atoms with Crippen molar-refractivity contribution in [3.63, 3.8) is 0 Å². The Balaban J connectivity index is 2.44. The Morgan fingerprint density at radius 1 is 0.750 bits per heavy atom. The second kappa shape index (κ2) is 4.18. The number of ether oxygens (including phenoxy) is 2. The number of hydrogen-bond acceptors (Lipinski definition) is 6. The van der Waals surface area contributed by atoms with Gasteiger partial charge in [0.05, 0.1) is 0 Å². The van der Waals surface area contributed by atoms with E-state index in [2.05, 4.69) is 10.6 Å². The van der Waals surface area contributed by atoms with Gasteiger partial charge in [-0.3, -0.25) is 10.6 Å². The Kier molecular flexibility index (Phi) is 3.19. The van der Waals surface area contributed by atoms with Gasteiger partial charge in [-0.05, 0) is 41.5 Å². The number of carbonyl (C=O) groups excluding carboxylic acids is 2. The summed E-state index contributed by atoms with van der Waals surface area (Å²) in [5.74, 6) is -0.886. The molecular weight excluding hydrogens is 260 g/mol. The third-order valence-electron chi connectivity index (χ3n) is 4.12. The fourth-order valence-electron chi connectivity index (χ4n) is 2.97. The van der Waals surface area contributed by atoms with Crippen molar-refractivity contribution in [3.8, 4) is 0 Å². The topological polar surface area (TPSA) is 76.7 Å². The Labute approximate surface area is 119 Å². The highest BCUT2D eigenvalue weighted by atomic mass is 16.6. The first-order valence-corrected chi connectivity index (χ1v) is 6.85. The molecule has 2 heterocycles. The number of esters is 2. The molecule has 2 aliphatic heterocycles. The van der Waals surface area contributed by atoms with Gasteiger partial charge >= 0.3 is 11.9 Å². The molecule has 2 fully saturated rings. The average molecular weight is 284 g/mol. The van der Waals surface area contributed by atoms with Crippen molar-refractivity contribution in [2.75, 3.05) is 13.2 Å². The molecule has 2 saturated heterocycles. The molecule has 6 heteroatoms. The van der Waals surface area contributed by atoms with Crippen molar-refractivity contribution in [3.05, 3.63) is 0 Å². The van der Waals surface area contributed by atoms with Crippen LogP contribution in [-0.2, 0) is 19.1 Å². The highest BCUT2D eigenvalue weighted by molar-refractivity contribution is 5.95. The third-order valence-corrected chi connectivity index (χ3v) is 4.12. The second-order valence-electron chi connectivity index (χ2n) is 7.42. The minimum atomic E-state index is -1.19. The summed E-state index contributed by atoms with van der Waals surface area (Å²) in [7, 11) is 0. The van der Waals surface area contributed by atoms with Crippen molar-refractivity contribution in [2.45, 2.75) is 63.7 Å². The molecule has 0 amide bonds. The minimum absolute atomic E-state index is 0.274. The highest BCUT2D eigenvalue weighted by Gasteiger charge is 2.63. The molecule has 0 saturated carbocycles. The molecular formula is C14H24N2O4. The van der Waals surface area contributed by atoms with Gasteiger partial charge in [-0.15, -0.1) is 0 Å². The summed E-state index contributed by atoms with van der Waals surface area (Å²) in [5.41, 5.74) is -3.20. The molecule has 6 nitrogen and oxygen atoms in total. The van der Waals surface area contributed by atoms with Crippen molar-refractivity contribution in [1.29, 1.82) is 0 Å². The number of carbonyl (C=O) groups is 2. The van der Waals surface area contributed by atoms with Gasteiger partial charge in [-0.25, -0.2) is 9.59 Å². The summed E-state index contributed by atoms with van der Waals surface area (Å²) in [6, 6.07) is 0. The van der Waals surface area contributed by atoms with Gasteiger partial charge in [0.1, 0.15) is 24.3 Å². The summed E-state index contributed by atoms with van der Waals surface area (Å²) in [6.45, 7) is 11.6. The average Bonchev–Trinajstić information content (AvgIpc) is 2.28. The molecule has 0 radical (unpaired) electrons. The maximum atomic E-state index is 12.3. The zero-order valence-electron chi connectivity index (χ0n) is 13.0. The first kappa shape index (κ1) is 15.3. The van der Waals surface area contributed by atoms with Crippen LogP contribution in [0, 0.1) is 0 Å². The fraction of sp³-hybridized carbons (Fsp3) is 0.857. The predicted molar refractivity (Wildman–Crippen MR) is 73.2 cm³/mol. The van der Waals surface area contributed by atoms with E-state index in [1.54, 1.807) is 13.8 Å². The molecule has 0 bridgehead atoms. The van der Waals surface area contributed by atoms with Gasteiger partial charge in [0.25, 0.3) is 0 Å². The monoisotopic (exact) mass is 284 g/mol. The third kappa shape index (κ3) is 2.20. The van der Waals surface area contributed by atoms with Crippen LogP contribution in [0.5, 0.6) is 0 Å². The van der Waals surface area contributed by atoms with E-state index in [9.17, 15) is 9.59 Å². The number of morpholine rings is 2. The normalized spacial score (nSPS) is 39.9. The Hall–Kier alpha value is -1.14. The summed E-state index contributed by atoms with van der Waals surface area (Å²) in [4.78, 5) is 24.7. The summed E-state index contributed by atoms with van der Waals surface area (Å²) < 4.78 is 10.6. The molecule has 0 aromatic rings. The van der Waals surface area contributed by atoms with Crippen molar-refractivity contribution in [1.82, 2.24) is 10.6 Å². The smallest absolute Gasteiger partial charge is 0.328 e. The number of rotatable bonds is 1. The summed E-state index contributed by atoms with van der Waals surface area (Å²) >= 11 is 0. The first-order chi connectivity index (χ1) is 8.92. The number of cyclic esters (lactones) is 2. The van der Waals surface area contributed by atoms with Crippen LogP contribution >= 0.6 is 0 Å². The van der Waals surface area contributed by atoms with E-state index in [-0.39, 0.29) is 13.2 Å². The Morgan fingerprint density at radius 3 is 1.35 bits per heavy atom. The van der Waals surface area contributed by atoms with Gasteiger partial charge in [0.2, 0.25) is 0 Å². The summed E-state index contributed by atoms with van der Waals surface area (Å²) in [5, 5.41) is 6.52. The molecule has 2 N–H and O–H groups in total. The molecule has 114 valence electrons. The molecule has 2 atom stereocenters. The lowest BCUT2D eigenvalue weighted by atomic mass is 9.74. The van der Waals surface area contributed by atoms with Gasteiger partial charge in [0, 0.05) is 11.1 Å². The maximum absolute atomic E-state index is 12.3. The molecule has 2 unspecified atom stereocenters. The second-order valence-corrected chi connectivity index (χ2v) is 7.42. The van der Waals surface area contributed by atoms with Crippen molar-refractivity contribution in [2.24, 2.45) is 0 Å². The Morgan fingerprint density at radius 2 is 1.05 bits per heavy atom. The quantitative estimate of drug-likeness (QED) is 0.677. The first-order valence-electron chi connectivity index (χ1n) is 6.85. The van der Waals surface area contributed by atoms with E-state index < -0.39 is 34.1 Å². The van der Waals surface area contributed by atoms with E-state index in [1.165, 1.54) is 0 Å². The predicted octanol–water partition coefficient (Wildman–Crippen LogP) is 0.354. The fourth-order valence-corrected chi connectivity index (χ4v) is 2.97. The van der Waals surface area contributed by atoms with Crippen LogP contribution in [0.1, 0.15) is 41.5 Å². The Bertz CT molecular complexity index is 418. The molecule has 2 rings (SSSR count). The van der Waals surface area contributed by atoms with Crippen LogP contribution in [-0.4, -0.2) is 47.3 Å². The van der Waals surface area contributed by atoms with E-state index in [0.717, 1.165) is 0 Å². The van der Waals surface area contributed by atoms with E-state index in [4.69, 9.17) is 9.47 Å². The largest absolute Gasteiger partial charge is 0.462 e. The van der Waals surface area contributed by atoms with Crippen molar-refractivity contribution < 1.29 is 19.1 Å². The van der Waals surface area contributed by atoms with E-state index in [1.807, 2.05) is 27.7 Å². The highest BCUT2D eigenvalue weighted by Crippen LogP contribution is 2.35. The van der Waals surface area contributed by atoms with Gasteiger partial charge < -0.3 is 9.47 Å². The van der Waals surface area contributed by atoms with Crippen LogP contribution in [0.2, 0.25) is 0 Å². The minimum Gasteiger partial charge on any atom is -0.462 e. The standard InChI is InChI=1S/C14H24N2O4/c1-11(2)7-19-9(17)13(5,15-11)14(6)10(18)20-8-12(3,4)16-14/h15-16H,7-8H2,1-6H3. The summed E-state index contributed by atoms with van der Waals surface area (Å²) in [6.07, 6.45) is 0. The number of nitrogens with one attached hydrogen (secondary N) is 2.